The van der Waals surface area contributed by atoms with Crippen molar-refractivity contribution in [1.82, 2.24) is 19.1 Å². The minimum Gasteiger partial charge on any atom is -0.310 e. The summed E-state index contributed by atoms with van der Waals surface area (Å²) in [5, 5.41) is 4.68. The zero-order valence-electron chi connectivity index (χ0n) is 44.7. The Morgan fingerprint density at radius 2 is 0.524 bits per heavy atom. The molecule has 0 fully saturated rings. The van der Waals surface area contributed by atoms with Crippen LogP contribution in [0.3, 0.4) is 0 Å². The molecule has 2 aromatic heterocycles. The van der Waals surface area contributed by atoms with Gasteiger partial charge in [-0.2, -0.15) is 0 Å². The van der Waals surface area contributed by atoms with Gasteiger partial charge in [-0.15, -0.1) is 0 Å². The first-order valence-corrected chi connectivity index (χ1v) is 27.8. The van der Waals surface area contributed by atoms with E-state index in [9.17, 15) is 0 Å². The van der Waals surface area contributed by atoms with E-state index in [1.807, 2.05) is 0 Å². The Balaban J connectivity index is 0.807. The summed E-state index contributed by atoms with van der Waals surface area (Å²) in [6, 6.07) is 113. The molecule has 0 N–H and O–H groups in total. The van der Waals surface area contributed by atoms with E-state index in [0.29, 0.717) is 0 Å². The second-order valence-electron chi connectivity index (χ2n) is 20.7. The Labute approximate surface area is 476 Å². The van der Waals surface area contributed by atoms with Gasteiger partial charge >= 0.3 is 0 Å². The third-order valence-corrected chi connectivity index (χ3v) is 15.7. The number of aromatic nitrogens is 4. The fraction of sp³-hybridized carbons (Fsp3) is 0. The summed E-state index contributed by atoms with van der Waals surface area (Å²) in [6.07, 6.45) is 0. The number of hydrogen-bond donors (Lipinski definition) is 0. The second kappa shape index (κ2) is 20.6. The van der Waals surface area contributed by atoms with Crippen molar-refractivity contribution < 1.29 is 0 Å². The quantitative estimate of drug-likeness (QED) is 0.114. The number of imidazole rings is 2. The predicted octanol–water partition coefficient (Wildman–Crippen LogP) is 20.3. The van der Waals surface area contributed by atoms with Gasteiger partial charge in [-0.25, -0.2) is 9.97 Å². The zero-order chi connectivity index (χ0) is 54.3. The fourth-order valence-corrected chi connectivity index (χ4v) is 11.7. The molecule has 0 aliphatic rings. The smallest absolute Gasteiger partial charge is 0.145 e. The summed E-state index contributed by atoms with van der Waals surface area (Å²) in [5.41, 5.74) is 19.3. The molecule has 6 nitrogen and oxygen atoms in total. The minimum atomic E-state index is 0.900. The normalized spacial score (nSPS) is 11.4. The van der Waals surface area contributed by atoms with Crippen molar-refractivity contribution in [2.45, 2.75) is 0 Å². The molecule has 2 heterocycles. The summed E-state index contributed by atoms with van der Waals surface area (Å²) in [5.74, 6) is 1.80. The van der Waals surface area contributed by atoms with Gasteiger partial charge in [0.2, 0.25) is 0 Å². The number of anilines is 6. The van der Waals surface area contributed by atoms with Crippen LogP contribution in [0.5, 0.6) is 0 Å². The molecule has 82 heavy (non-hydrogen) atoms. The van der Waals surface area contributed by atoms with Gasteiger partial charge in [-0.3, -0.25) is 9.13 Å². The Bertz CT molecular complexity index is 4440. The first kappa shape index (κ1) is 48.1. The van der Waals surface area contributed by atoms with Crippen molar-refractivity contribution in [1.29, 1.82) is 0 Å². The van der Waals surface area contributed by atoms with Gasteiger partial charge in [0.1, 0.15) is 11.6 Å². The van der Waals surface area contributed by atoms with Crippen LogP contribution in [-0.4, -0.2) is 19.1 Å². The molecule has 15 rings (SSSR count). The zero-order valence-corrected chi connectivity index (χ0v) is 44.7. The highest BCUT2D eigenvalue weighted by Gasteiger charge is 2.21. The van der Waals surface area contributed by atoms with Crippen molar-refractivity contribution in [3.05, 3.63) is 315 Å². The van der Waals surface area contributed by atoms with Gasteiger partial charge in [-0.05, 0) is 189 Å². The molecule has 0 aliphatic carbocycles. The van der Waals surface area contributed by atoms with E-state index in [1.54, 1.807) is 0 Å². The summed E-state index contributed by atoms with van der Waals surface area (Å²) in [6.45, 7) is 0. The third kappa shape index (κ3) is 8.81. The standard InChI is InChI=1S/C76H52N6/c1-5-17-53(18-6-1)55-31-39-63(40-32-55)79(65-43-35-57(36-44-65)75-77-71-25-13-15-27-73(71)81(75)61-21-9-3-10-22-61)67-47-49-69-59(51-67)29-30-60-52-68(48-50-70(60)69)80(64-41-33-56(34-42-64)54-19-7-2-8-20-54)66-45-37-58(38-46-66)76-78-72-26-14-16-28-74(72)82(76)62-23-11-4-12-24-62/h1-52H. The molecule has 0 aliphatic heterocycles. The lowest BCUT2D eigenvalue weighted by atomic mass is 9.99. The average Bonchev–Trinajstić information content (AvgIpc) is 4.34. The van der Waals surface area contributed by atoms with Gasteiger partial charge < -0.3 is 9.80 Å². The highest BCUT2D eigenvalue weighted by molar-refractivity contribution is 6.10. The molecule has 0 amide bonds. The van der Waals surface area contributed by atoms with E-state index >= 15 is 0 Å². The van der Waals surface area contributed by atoms with Gasteiger partial charge in [0, 0.05) is 56.6 Å². The fourth-order valence-electron chi connectivity index (χ4n) is 11.7. The molecule has 0 unspecified atom stereocenters. The monoisotopic (exact) mass is 1050 g/mol. The van der Waals surface area contributed by atoms with Gasteiger partial charge in [0.25, 0.3) is 0 Å². The molecular formula is C76H52N6. The number of nitrogens with zero attached hydrogens (tertiary/aromatic N) is 6. The van der Waals surface area contributed by atoms with Crippen molar-refractivity contribution in [3.63, 3.8) is 0 Å². The molecule has 0 saturated carbocycles. The van der Waals surface area contributed by atoms with Crippen LogP contribution in [0.2, 0.25) is 0 Å². The first-order chi connectivity index (χ1) is 40.6. The lowest BCUT2D eigenvalue weighted by Crippen LogP contribution is -2.10. The summed E-state index contributed by atoms with van der Waals surface area (Å²) < 4.78 is 4.51. The lowest BCUT2D eigenvalue weighted by molar-refractivity contribution is 1.10. The number of para-hydroxylation sites is 6. The van der Waals surface area contributed by atoms with Crippen LogP contribution in [0.25, 0.3) is 100 Å². The van der Waals surface area contributed by atoms with Crippen molar-refractivity contribution in [3.8, 4) is 56.4 Å². The molecule has 15 aromatic rings. The Morgan fingerprint density at radius 1 is 0.232 bits per heavy atom. The molecule has 13 aromatic carbocycles. The van der Waals surface area contributed by atoms with Crippen molar-refractivity contribution >= 4 is 77.7 Å². The molecule has 0 radical (unpaired) electrons. The highest BCUT2D eigenvalue weighted by Crippen LogP contribution is 2.43. The maximum atomic E-state index is 5.18. The van der Waals surface area contributed by atoms with Crippen LogP contribution in [-0.2, 0) is 0 Å². The number of hydrogen-bond acceptors (Lipinski definition) is 4. The van der Waals surface area contributed by atoms with Crippen molar-refractivity contribution in [2.24, 2.45) is 0 Å². The van der Waals surface area contributed by atoms with Crippen LogP contribution in [0.4, 0.5) is 34.1 Å². The van der Waals surface area contributed by atoms with Crippen LogP contribution in [0.1, 0.15) is 0 Å². The Morgan fingerprint density at radius 3 is 0.890 bits per heavy atom. The molecule has 0 spiro atoms. The number of benzene rings is 13. The third-order valence-electron chi connectivity index (χ3n) is 15.7. The topological polar surface area (TPSA) is 42.1 Å². The minimum absolute atomic E-state index is 0.900. The summed E-state index contributed by atoms with van der Waals surface area (Å²) in [7, 11) is 0. The van der Waals surface area contributed by atoms with Gasteiger partial charge in [0.05, 0.1) is 22.1 Å². The SMILES string of the molecule is c1ccc(-c2ccc(N(c3ccc(-c4nc5ccccc5n4-c4ccccc4)cc3)c3ccc4c(ccc5cc(N(c6ccc(-c7ccccc7)cc6)c6ccc(-c7nc8ccccc8n7-c7ccccc7)cc6)ccc54)c3)cc2)cc1. The van der Waals surface area contributed by atoms with E-state index < -0.39 is 0 Å². The Kier molecular flexibility index (Phi) is 12.1. The number of rotatable bonds is 12. The Hall–Kier alpha value is -11.1. The molecule has 386 valence electrons. The van der Waals surface area contributed by atoms with Gasteiger partial charge in [0.15, 0.2) is 0 Å². The second-order valence-corrected chi connectivity index (χ2v) is 20.7. The van der Waals surface area contributed by atoms with E-state index in [2.05, 4.69) is 334 Å². The maximum Gasteiger partial charge on any atom is 0.145 e. The molecule has 0 bridgehead atoms. The largest absolute Gasteiger partial charge is 0.310 e. The molecule has 0 saturated heterocycles. The first-order valence-electron chi connectivity index (χ1n) is 27.8. The predicted molar refractivity (Wildman–Crippen MR) is 342 cm³/mol. The molecule has 6 heteroatoms. The van der Waals surface area contributed by atoms with Crippen LogP contribution >= 0.6 is 0 Å². The lowest BCUT2D eigenvalue weighted by Gasteiger charge is -2.27. The van der Waals surface area contributed by atoms with E-state index in [-0.39, 0.29) is 0 Å². The number of fused-ring (bicyclic) bond motifs is 5. The van der Waals surface area contributed by atoms with Crippen LogP contribution in [0, 0.1) is 0 Å². The van der Waals surface area contributed by atoms with E-state index in [4.69, 9.17) is 9.97 Å². The maximum absolute atomic E-state index is 5.18. The van der Waals surface area contributed by atoms with Crippen LogP contribution < -0.4 is 9.80 Å². The van der Waals surface area contributed by atoms with Gasteiger partial charge in [-0.1, -0.05) is 170 Å². The van der Waals surface area contributed by atoms with E-state index in [1.165, 1.54) is 33.0 Å². The molecule has 0 atom stereocenters. The van der Waals surface area contributed by atoms with Crippen molar-refractivity contribution in [2.75, 3.05) is 9.80 Å². The van der Waals surface area contributed by atoms with Crippen LogP contribution in [0.15, 0.2) is 315 Å². The molecular weight excluding hydrogens is 997 g/mol. The summed E-state index contributed by atoms with van der Waals surface area (Å²) in [4.78, 5) is 15.1. The average molecular weight is 1050 g/mol. The highest BCUT2D eigenvalue weighted by atomic mass is 15.2. The van der Waals surface area contributed by atoms with E-state index in [0.717, 1.165) is 101 Å². The summed E-state index contributed by atoms with van der Waals surface area (Å²) >= 11 is 0.